The largest absolute Gasteiger partial charge is 0.350 e. The van der Waals surface area contributed by atoms with E-state index in [1.54, 1.807) is 23.0 Å². The van der Waals surface area contributed by atoms with Crippen LogP contribution in [-0.2, 0) is 18.4 Å². The van der Waals surface area contributed by atoms with E-state index >= 15 is 0 Å². The lowest BCUT2D eigenvalue weighted by Gasteiger charge is -2.09. The van der Waals surface area contributed by atoms with E-state index < -0.39 is 5.92 Å². The molecule has 0 bridgehead atoms. The van der Waals surface area contributed by atoms with E-state index in [1.807, 2.05) is 37.5 Å². The summed E-state index contributed by atoms with van der Waals surface area (Å²) in [4.78, 5) is 12.0. The van der Waals surface area contributed by atoms with Crippen LogP contribution in [0.15, 0.2) is 42.7 Å². The number of aryl methyl sites for hydroxylation is 1. The number of nitrogens with zero attached hydrogens (tertiary/aromatic N) is 3. The van der Waals surface area contributed by atoms with Crippen LogP contribution in [0.5, 0.6) is 0 Å². The molecule has 0 saturated heterocycles. The summed E-state index contributed by atoms with van der Waals surface area (Å²) >= 11 is 0. The fraction of sp³-hybridized carbons (Fsp3) is 0.214. The molecule has 1 aromatic carbocycles. The van der Waals surface area contributed by atoms with Crippen LogP contribution < -0.4 is 5.32 Å². The molecule has 19 heavy (non-hydrogen) atoms. The molecule has 0 spiro atoms. The second-order valence-corrected chi connectivity index (χ2v) is 4.21. The Bertz CT molecular complexity index is 597. The van der Waals surface area contributed by atoms with E-state index in [0.717, 1.165) is 5.56 Å². The molecule has 1 atom stereocenters. The first-order valence-electron chi connectivity index (χ1n) is 5.90. The summed E-state index contributed by atoms with van der Waals surface area (Å²) in [5.41, 5.74) is 1.61. The molecule has 0 aliphatic heterocycles. The van der Waals surface area contributed by atoms with Gasteiger partial charge in [0.25, 0.3) is 0 Å². The Morgan fingerprint density at radius 1 is 1.47 bits per heavy atom. The van der Waals surface area contributed by atoms with Crippen molar-refractivity contribution < 1.29 is 4.79 Å². The SMILES string of the molecule is Cn1cc(CNC(=O)C(C#N)c2ccccc2)cn1. The smallest absolute Gasteiger partial charge is 0.242 e. The number of nitriles is 1. The minimum absolute atomic E-state index is 0.294. The lowest BCUT2D eigenvalue weighted by atomic mass is 10.00. The van der Waals surface area contributed by atoms with Gasteiger partial charge in [-0.2, -0.15) is 10.4 Å². The van der Waals surface area contributed by atoms with Crippen molar-refractivity contribution in [3.63, 3.8) is 0 Å². The predicted octanol–water partition coefficient (Wildman–Crippen LogP) is 1.34. The maximum Gasteiger partial charge on any atom is 0.242 e. The van der Waals surface area contributed by atoms with Gasteiger partial charge >= 0.3 is 0 Å². The van der Waals surface area contributed by atoms with Gasteiger partial charge in [-0.05, 0) is 5.56 Å². The Morgan fingerprint density at radius 3 is 2.79 bits per heavy atom. The topological polar surface area (TPSA) is 70.7 Å². The van der Waals surface area contributed by atoms with E-state index in [1.165, 1.54) is 0 Å². The molecular weight excluding hydrogens is 240 g/mol. The number of rotatable bonds is 4. The van der Waals surface area contributed by atoms with Crippen LogP contribution in [0, 0.1) is 11.3 Å². The average molecular weight is 254 g/mol. The van der Waals surface area contributed by atoms with Gasteiger partial charge in [-0.1, -0.05) is 30.3 Å². The molecule has 2 aromatic rings. The summed E-state index contributed by atoms with van der Waals surface area (Å²) < 4.78 is 1.67. The fourth-order valence-electron chi connectivity index (χ4n) is 1.78. The number of aromatic nitrogens is 2. The Morgan fingerprint density at radius 2 is 2.21 bits per heavy atom. The molecule has 1 unspecified atom stereocenters. The van der Waals surface area contributed by atoms with E-state index in [9.17, 15) is 4.79 Å². The van der Waals surface area contributed by atoms with Gasteiger partial charge < -0.3 is 5.32 Å². The number of amides is 1. The van der Waals surface area contributed by atoms with Gasteiger partial charge in [0.15, 0.2) is 0 Å². The quantitative estimate of drug-likeness (QED) is 0.895. The van der Waals surface area contributed by atoms with Crippen LogP contribution in [0.25, 0.3) is 0 Å². The number of carbonyl (C=O) groups is 1. The van der Waals surface area contributed by atoms with Crippen molar-refractivity contribution in [1.82, 2.24) is 15.1 Å². The lowest BCUT2D eigenvalue weighted by Crippen LogP contribution is -2.28. The molecule has 2 rings (SSSR count). The summed E-state index contributed by atoms with van der Waals surface area (Å²) in [5.74, 6) is -1.07. The highest BCUT2D eigenvalue weighted by Gasteiger charge is 2.19. The zero-order chi connectivity index (χ0) is 13.7. The van der Waals surface area contributed by atoms with Gasteiger partial charge in [0, 0.05) is 25.4 Å². The van der Waals surface area contributed by atoms with Crippen molar-refractivity contribution in [3.05, 3.63) is 53.9 Å². The summed E-state index contributed by atoms with van der Waals surface area (Å²) in [6.45, 7) is 0.373. The van der Waals surface area contributed by atoms with Crippen LogP contribution in [0.3, 0.4) is 0 Å². The van der Waals surface area contributed by atoms with Crippen LogP contribution in [-0.4, -0.2) is 15.7 Å². The standard InChI is InChI=1S/C14H14N4O/c1-18-10-11(9-17-18)8-16-14(19)13(7-15)12-5-3-2-4-6-12/h2-6,9-10,13H,8H2,1H3,(H,16,19). The van der Waals surface area contributed by atoms with Gasteiger partial charge in [0.05, 0.1) is 12.3 Å². The monoisotopic (exact) mass is 254 g/mol. The van der Waals surface area contributed by atoms with E-state index in [0.29, 0.717) is 12.1 Å². The molecule has 5 nitrogen and oxygen atoms in total. The third-order valence-corrected chi connectivity index (χ3v) is 2.75. The van der Waals surface area contributed by atoms with Crippen LogP contribution in [0.1, 0.15) is 17.0 Å². The Labute approximate surface area is 111 Å². The van der Waals surface area contributed by atoms with Gasteiger partial charge in [0.1, 0.15) is 5.92 Å². The van der Waals surface area contributed by atoms with Crippen LogP contribution >= 0.6 is 0 Å². The lowest BCUT2D eigenvalue weighted by molar-refractivity contribution is -0.121. The summed E-state index contributed by atoms with van der Waals surface area (Å²) in [6.07, 6.45) is 3.51. The zero-order valence-corrected chi connectivity index (χ0v) is 10.6. The van der Waals surface area contributed by atoms with Crippen molar-refractivity contribution >= 4 is 5.91 Å². The maximum atomic E-state index is 12.0. The van der Waals surface area contributed by atoms with Gasteiger partial charge in [-0.3, -0.25) is 9.48 Å². The zero-order valence-electron chi connectivity index (χ0n) is 10.6. The summed E-state index contributed by atoms with van der Waals surface area (Å²) in [5, 5.41) is 15.9. The molecule has 1 amide bonds. The van der Waals surface area contributed by atoms with Gasteiger partial charge in [-0.15, -0.1) is 0 Å². The van der Waals surface area contributed by atoms with Crippen molar-refractivity contribution in [2.24, 2.45) is 7.05 Å². The first-order valence-corrected chi connectivity index (χ1v) is 5.90. The Balaban J connectivity index is 2.00. The van der Waals surface area contributed by atoms with Crippen LogP contribution in [0.4, 0.5) is 0 Å². The minimum atomic E-state index is -0.780. The first kappa shape index (κ1) is 12.8. The fourth-order valence-corrected chi connectivity index (χ4v) is 1.78. The Kier molecular flexibility index (Phi) is 3.94. The third-order valence-electron chi connectivity index (χ3n) is 2.75. The highest BCUT2D eigenvalue weighted by molar-refractivity contribution is 5.86. The normalized spacial score (nSPS) is 11.6. The Hall–Kier alpha value is -2.61. The van der Waals surface area contributed by atoms with E-state index in [2.05, 4.69) is 10.4 Å². The number of carbonyl (C=O) groups excluding carboxylic acids is 1. The van der Waals surface area contributed by atoms with E-state index in [-0.39, 0.29) is 5.91 Å². The molecule has 1 N–H and O–H groups in total. The summed E-state index contributed by atoms with van der Waals surface area (Å²) in [7, 11) is 1.81. The summed E-state index contributed by atoms with van der Waals surface area (Å²) in [6, 6.07) is 11.1. The molecule has 0 aliphatic carbocycles. The molecule has 0 radical (unpaired) electrons. The second kappa shape index (κ2) is 5.83. The number of hydrogen-bond acceptors (Lipinski definition) is 3. The molecule has 96 valence electrons. The highest BCUT2D eigenvalue weighted by atomic mass is 16.1. The van der Waals surface area contributed by atoms with Crippen molar-refractivity contribution in [2.75, 3.05) is 0 Å². The molecular formula is C14H14N4O. The minimum Gasteiger partial charge on any atom is -0.350 e. The average Bonchev–Trinajstić information content (AvgIpc) is 2.84. The molecule has 1 aromatic heterocycles. The van der Waals surface area contributed by atoms with E-state index in [4.69, 9.17) is 5.26 Å². The highest BCUT2D eigenvalue weighted by Crippen LogP contribution is 2.14. The molecule has 0 saturated carbocycles. The van der Waals surface area contributed by atoms with Crippen molar-refractivity contribution in [1.29, 1.82) is 5.26 Å². The van der Waals surface area contributed by atoms with Crippen LogP contribution in [0.2, 0.25) is 0 Å². The number of nitrogens with one attached hydrogen (secondary N) is 1. The second-order valence-electron chi connectivity index (χ2n) is 4.21. The first-order chi connectivity index (χ1) is 9.20. The van der Waals surface area contributed by atoms with Crippen molar-refractivity contribution in [2.45, 2.75) is 12.5 Å². The number of benzene rings is 1. The maximum absolute atomic E-state index is 12.0. The molecule has 5 heteroatoms. The predicted molar refractivity (Wildman–Crippen MR) is 69.9 cm³/mol. The third kappa shape index (κ3) is 3.19. The van der Waals surface area contributed by atoms with Gasteiger partial charge in [0.2, 0.25) is 5.91 Å². The number of hydrogen-bond donors (Lipinski definition) is 1. The van der Waals surface area contributed by atoms with Gasteiger partial charge in [-0.25, -0.2) is 0 Å². The molecule has 0 aliphatic rings. The van der Waals surface area contributed by atoms with Crippen molar-refractivity contribution in [3.8, 4) is 6.07 Å². The molecule has 0 fully saturated rings. The molecule has 1 heterocycles.